The van der Waals surface area contributed by atoms with Crippen molar-refractivity contribution >= 4 is 0 Å². The molecule has 67 heavy (non-hydrogen) atoms. The van der Waals surface area contributed by atoms with Gasteiger partial charge in [-0.05, 0) is 93.9 Å². The number of phenolic OH excluding ortho intramolecular Hbond substituents is 2. The molecule has 0 saturated carbocycles. The summed E-state index contributed by atoms with van der Waals surface area (Å²) in [7, 11) is 0. The largest absolute Gasteiger partial charge is 0.507 e. The molecule has 0 radical (unpaired) electrons. The predicted molar refractivity (Wildman–Crippen MR) is 284 cm³/mol. The first kappa shape index (κ1) is 54.3. The average molecular weight is 970 g/mol. The molecule has 7 rings (SSSR count). The summed E-state index contributed by atoms with van der Waals surface area (Å²) < 4.78 is 0. The minimum absolute atomic E-state index is 0. The molecular formula is C63H75NO2Zr-2. The molecule has 6 aromatic carbocycles. The Bertz CT molecular complexity index is 2490. The Kier molecular flexibility index (Phi) is 18.7. The molecule has 7 aromatic rings. The number of phenols is 2. The van der Waals surface area contributed by atoms with Crippen molar-refractivity contribution in [3.63, 3.8) is 0 Å². The van der Waals surface area contributed by atoms with Crippen molar-refractivity contribution in [2.45, 2.75) is 130 Å². The molecule has 0 unspecified atom stereocenters. The summed E-state index contributed by atoms with van der Waals surface area (Å²) in [4.78, 5) is 5.33. The Morgan fingerprint density at radius 2 is 0.672 bits per heavy atom. The standard InChI is InChI=1S/C49H61NO2.2C7H7.Zr/c1-13-46(5,6)32-28-38(44(51)40(30-32)48(9,10)15-3)34-22-17-19-24-36(34)42-26-21-27-43(50-42)37-25-20-18-23-35(37)39-29-33(47(7,8)14-2)31-41(45(39)52)49(11,12)16-4;2*1-7-5-3-2-4-6-7;/h17-31,51-52H,13-16H2,1-12H3;2*2-6H,1H2;/q;2*-1;. The first-order valence-electron chi connectivity index (χ1n) is 23.9. The van der Waals surface area contributed by atoms with E-state index in [0.717, 1.165) is 92.7 Å². The second-order valence-electron chi connectivity index (χ2n) is 20.3. The fraction of sp³-hybridized carbons (Fsp3) is 0.317. The van der Waals surface area contributed by atoms with Crippen LogP contribution in [0.25, 0.3) is 44.8 Å². The summed E-state index contributed by atoms with van der Waals surface area (Å²) in [6, 6.07) is 51.4. The van der Waals surface area contributed by atoms with Gasteiger partial charge in [-0.3, -0.25) is 0 Å². The molecule has 0 saturated heterocycles. The van der Waals surface area contributed by atoms with Gasteiger partial charge in [-0.25, -0.2) is 4.98 Å². The Morgan fingerprint density at radius 1 is 0.373 bits per heavy atom. The predicted octanol–water partition coefficient (Wildman–Crippen LogP) is 17.6. The van der Waals surface area contributed by atoms with Gasteiger partial charge in [-0.2, -0.15) is 49.2 Å². The maximum Gasteiger partial charge on any atom is 0.127 e. The summed E-state index contributed by atoms with van der Waals surface area (Å²) in [5.74, 6) is 0.681. The molecule has 0 aliphatic rings. The zero-order valence-electron chi connectivity index (χ0n) is 42.5. The van der Waals surface area contributed by atoms with Gasteiger partial charge in [0.2, 0.25) is 0 Å². The molecule has 0 aliphatic heterocycles. The van der Waals surface area contributed by atoms with Gasteiger partial charge in [0, 0.05) is 59.6 Å². The minimum Gasteiger partial charge on any atom is -0.507 e. The summed E-state index contributed by atoms with van der Waals surface area (Å²) in [6.07, 6.45) is 3.79. The molecule has 2 N–H and O–H groups in total. The smallest absolute Gasteiger partial charge is 0.127 e. The normalized spacial score (nSPS) is 11.6. The van der Waals surface area contributed by atoms with Crippen LogP contribution < -0.4 is 0 Å². The van der Waals surface area contributed by atoms with Gasteiger partial charge in [-0.15, -0.1) is 24.3 Å². The molecule has 0 atom stereocenters. The number of hydrogen-bond donors (Lipinski definition) is 2. The molecule has 350 valence electrons. The van der Waals surface area contributed by atoms with Crippen LogP contribution in [0.3, 0.4) is 0 Å². The van der Waals surface area contributed by atoms with Crippen LogP contribution in [0.1, 0.15) is 142 Å². The Balaban J connectivity index is 0.000000555. The van der Waals surface area contributed by atoms with Gasteiger partial charge in [0.1, 0.15) is 11.5 Å². The molecule has 3 nitrogen and oxygen atoms in total. The number of rotatable bonds is 12. The number of pyridine rings is 1. The number of benzene rings is 6. The van der Waals surface area contributed by atoms with Crippen molar-refractivity contribution < 1.29 is 36.4 Å². The third kappa shape index (κ3) is 13.0. The monoisotopic (exact) mass is 967 g/mol. The van der Waals surface area contributed by atoms with Gasteiger partial charge in [0.05, 0.1) is 11.4 Å². The number of aromatic nitrogens is 1. The fourth-order valence-electron chi connectivity index (χ4n) is 7.86. The first-order valence-corrected chi connectivity index (χ1v) is 23.9. The van der Waals surface area contributed by atoms with Crippen LogP contribution >= 0.6 is 0 Å². The van der Waals surface area contributed by atoms with Crippen LogP contribution in [0.2, 0.25) is 0 Å². The third-order valence-electron chi connectivity index (χ3n) is 14.2. The Hall–Kier alpha value is -5.31. The number of hydrogen-bond acceptors (Lipinski definition) is 3. The van der Waals surface area contributed by atoms with Crippen LogP contribution in [0.5, 0.6) is 11.5 Å². The topological polar surface area (TPSA) is 53.4 Å². The van der Waals surface area contributed by atoms with E-state index in [0.29, 0.717) is 11.5 Å². The van der Waals surface area contributed by atoms with Crippen molar-refractivity contribution in [2.75, 3.05) is 0 Å². The first-order chi connectivity index (χ1) is 31.2. The van der Waals surface area contributed by atoms with Crippen molar-refractivity contribution in [2.24, 2.45) is 0 Å². The van der Waals surface area contributed by atoms with Crippen LogP contribution in [-0.4, -0.2) is 15.2 Å². The van der Waals surface area contributed by atoms with Gasteiger partial charge in [0.15, 0.2) is 0 Å². The van der Waals surface area contributed by atoms with E-state index in [2.05, 4.69) is 164 Å². The average Bonchev–Trinajstić information content (AvgIpc) is 3.32. The van der Waals surface area contributed by atoms with Crippen LogP contribution in [0.15, 0.2) is 152 Å². The van der Waals surface area contributed by atoms with E-state index >= 15 is 0 Å². The Morgan fingerprint density at radius 3 is 0.955 bits per heavy atom. The van der Waals surface area contributed by atoms with E-state index in [-0.39, 0.29) is 47.9 Å². The molecule has 0 spiro atoms. The van der Waals surface area contributed by atoms with Gasteiger partial charge in [-0.1, -0.05) is 162 Å². The zero-order valence-corrected chi connectivity index (χ0v) is 45.0. The molecule has 0 amide bonds. The second kappa shape index (κ2) is 23.1. The summed E-state index contributed by atoms with van der Waals surface area (Å²) in [5.41, 5.74) is 13.2. The SMILES string of the molecule is CCC(C)(C)c1cc(-c2ccccc2-c2cccc(-c3ccccc3-c3cc(C(C)(C)CC)cc(C(C)(C)CC)c3O)n2)c(O)c(C(C)(C)CC)c1.[CH2-]c1ccccc1.[CH2-]c1ccccc1.[Zr]. The molecule has 4 heteroatoms. The van der Waals surface area contributed by atoms with E-state index in [1.54, 1.807) is 0 Å². The van der Waals surface area contributed by atoms with Crippen molar-refractivity contribution in [1.82, 2.24) is 4.98 Å². The zero-order chi connectivity index (χ0) is 48.5. The Labute approximate surface area is 424 Å². The van der Waals surface area contributed by atoms with E-state index in [1.807, 2.05) is 84.9 Å². The molecular weight excluding hydrogens is 894 g/mol. The second-order valence-corrected chi connectivity index (χ2v) is 20.3. The van der Waals surface area contributed by atoms with Gasteiger partial charge < -0.3 is 10.2 Å². The minimum atomic E-state index is -0.198. The fourth-order valence-corrected chi connectivity index (χ4v) is 7.86. The van der Waals surface area contributed by atoms with Crippen molar-refractivity contribution in [3.8, 4) is 56.3 Å². The molecule has 0 fully saturated rings. The van der Waals surface area contributed by atoms with Crippen molar-refractivity contribution in [1.29, 1.82) is 0 Å². The summed E-state index contributed by atoms with van der Waals surface area (Å²) in [5, 5.41) is 24.0. The summed E-state index contributed by atoms with van der Waals surface area (Å²) >= 11 is 0. The van der Waals surface area contributed by atoms with E-state index in [1.165, 1.54) is 11.1 Å². The van der Waals surface area contributed by atoms with Gasteiger partial charge in [0.25, 0.3) is 0 Å². The van der Waals surface area contributed by atoms with E-state index < -0.39 is 0 Å². The van der Waals surface area contributed by atoms with Crippen LogP contribution in [0.4, 0.5) is 0 Å². The molecule has 0 bridgehead atoms. The van der Waals surface area contributed by atoms with Crippen LogP contribution in [0, 0.1) is 13.8 Å². The van der Waals surface area contributed by atoms with Gasteiger partial charge >= 0.3 is 0 Å². The maximum atomic E-state index is 12.0. The molecule has 0 aliphatic carbocycles. The van der Waals surface area contributed by atoms with E-state index in [9.17, 15) is 10.2 Å². The van der Waals surface area contributed by atoms with Crippen LogP contribution in [-0.2, 0) is 47.9 Å². The van der Waals surface area contributed by atoms with Crippen molar-refractivity contribution in [3.05, 3.63) is 199 Å². The number of nitrogens with zero attached hydrogens (tertiary/aromatic N) is 1. The molecule has 1 aromatic heterocycles. The summed E-state index contributed by atoms with van der Waals surface area (Å²) in [6.45, 7) is 34.2. The maximum absolute atomic E-state index is 12.0. The third-order valence-corrected chi connectivity index (χ3v) is 14.2. The van der Waals surface area contributed by atoms with E-state index in [4.69, 9.17) is 4.98 Å². The molecule has 1 heterocycles. The number of aromatic hydroxyl groups is 2. The quantitative estimate of drug-likeness (QED) is 0.120.